The second-order valence-corrected chi connectivity index (χ2v) is 9.26. The number of hydrogen-bond donors (Lipinski definition) is 0. The van der Waals surface area contributed by atoms with E-state index in [1.807, 2.05) is 24.3 Å². The average molecular weight is 418 g/mol. The second-order valence-electron chi connectivity index (χ2n) is 6.10. The van der Waals surface area contributed by atoms with E-state index in [0.717, 1.165) is 0 Å². The van der Waals surface area contributed by atoms with Gasteiger partial charge in [-0.3, -0.25) is 0 Å². The molecule has 2 aromatic carbocycles. The van der Waals surface area contributed by atoms with Gasteiger partial charge in [0.05, 0.1) is 10.6 Å². The molecule has 2 heterocycles. The Morgan fingerprint density at radius 1 is 1.00 bits per heavy atom. The van der Waals surface area contributed by atoms with Crippen molar-refractivity contribution in [2.75, 3.05) is 18.1 Å². The summed E-state index contributed by atoms with van der Waals surface area (Å²) in [6.45, 7) is 0.290. The van der Waals surface area contributed by atoms with Crippen LogP contribution in [-0.4, -0.2) is 36.7 Å². The molecule has 0 fully saturated rings. The Balaban J connectivity index is 1.29. The van der Waals surface area contributed by atoms with Gasteiger partial charge in [-0.05, 0) is 30.7 Å². The van der Waals surface area contributed by atoms with E-state index in [4.69, 9.17) is 13.9 Å². The summed E-state index contributed by atoms with van der Waals surface area (Å²) in [5.41, 5.74) is 0. The molecule has 3 aromatic rings. The average Bonchev–Trinajstić information content (AvgIpc) is 3.20. The van der Waals surface area contributed by atoms with E-state index >= 15 is 0 Å². The highest BCUT2D eigenvalue weighted by molar-refractivity contribution is 7.99. The van der Waals surface area contributed by atoms with Crippen molar-refractivity contribution in [3.05, 3.63) is 60.5 Å². The van der Waals surface area contributed by atoms with Crippen LogP contribution in [0.15, 0.2) is 69.1 Å². The van der Waals surface area contributed by atoms with Crippen molar-refractivity contribution in [1.82, 2.24) is 10.2 Å². The molecule has 0 amide bonds. The van der Waals surface area contributed by atoms with Crippen LogP contribution in [0.2, 0.25) is 0 Å². The highest BCUT2D eigenvalue weighted by atomic mass is 32.2. The van der Waals surface area contributed by atoms with E-state index in [-0.39, 0.29) is 5.75 Å². The molecule has 1 atom stereocenters. The maximum atomic E-state index is 12.3. The van der Waals surface area contributed by atoms with Gasteiger partial charge in [0.25, 0.3) is 11.1 Å². The largest absolute Gasteiger partial charge is 0.485 e. The number of thioether (sulfide) groups is 1. The molecule has 146 valence electrons. The molecule has 7 nitrogen and oxygen atoms in total. The summed E-state index contributed by atoms with van der Waals surface area (Å²) in [4.78, 5) is 0.342. The summed E-state index contributed by atoms with van der Waals surface area (Å²) in [6, 6.07) is 15.8. The Labute approximate surface area is 167 Å². The SMILES string of the molecule is O=S(=O)(CCCSc1nnc(C2COc3ccccc3O2)o1)c1ccccc1. The Hall–Kier alpha value is -2.52. The Morgan fingerprint density at radius 2 is 1.75 bits per heavy atom. The third-order valence-corrected chi connectivity index (χ3v) is 6.81. The van der Waals surface area contributed by atoms with Crippen LogP contribution in [0.1, 0.15) is 18.4 Å². The molecule has 9 heteroatoms. The van der Waals surface area contributed by atoms with Crippen molar-refractivity contribution in [2.45, 2.75) is 22.6 Å². The fraction of sp³-hybridized carbons (Fsp3) is 0.263. The van der Waals surface area contributed by atoms with Gasteiger partial charge in [0.1, 0.15) is 6.61 Å². The van der Waals surface area contributed by atoms with Crippen LogP contribution in [-0.2, 0) is 9.84 Å². The highest BCUT2D eigenvalue weighted by Gasteiger charge is 2.27. The molecule has 0 saturated carbocycles. The van der Waals surface area contributed by atoms with Crippen LogP contribution in [0.5, 0.6) is 11.5 Å². The number of fused-ring (bicyclic) bond motifs is 1. The van der Waals surface area contributed by atoms with Gasteiger partial charge in [0.15, 0.2) is 21.3 Å². The van der Waals surface area contributed by atoms with Crippen molar-refractivity contribution in [1.29, 1.82) is 0 Å². The molecule has 1 aromatic heterocycles. The quantitative estimate of drug-likeness (QED) is 0.425. The number of hydrogen-bond acceptors (Lipinski definition) is 8. The summed E-state index contributed by atoms with van der Waals surface area (Å²) in [5.74, 6) is 2.29. The van der Waals surface area contributed by atoms with Gasteiger partial charge in [-0.15, -0.1) is 10.2 Å². The van der Waals surface area contributed by atoms with Crippen molar-refractivity contribution >= 4 is 21.6 Å². The third kappa shape index (κ3) is 4.31. The molecule has 4 rings (SSSR count). The van der Waals surface area contributed by atoms with Crippen molar-refractivity contribution in [2.24, 2.45) is 0 Å². The molecule has 1 aliphatic heterocycles. The normalized spacial score (nSPS) is 16.1. The van der Waals surface area contributed by atoms with Gasteiger partial charge in [0.2, 0.25) is 6.10 Å². The van der Waals surface area contributed by atoms with Crippen molar-refractivity contribution < 1.29 is 22.3 Å². The summed E-state index contributed by atoms with van der Waals surface area (Å²) < 4.78 is 41.7. The molecule has 1 unspecified atom stereocenters. The number of para-hydroxylation sites is 2. The first-order valence-electron chi connectivity index (χ1n) is 8.74. The minimum Gasteiger partial charge on any atom is -0.485 e. The zero-order chi connectivity index (χ0) is 19.4. The van der Waals surface area contributed by atoms with E-state index < -0.39 is 15.9 Å². The minimum absolute atomic E-state index is 0.0708. The summed E-state index contributed by atoms with van der Waals surface area (Å²) >= 11 is 1.33. The number of aromatic nitrogens is 2. The Morgan fingerprint density at radius 3 is 2.57 bits per heavy atom. The van der Waals surface area contributed by atoms with E-state index in [1.54, 1.807) is 30.3 Å². The van der Waals surface area contributed by atoms with Gasteiger partial charge in [-0.1, -0.05) is 42.1 Å². The standard InChI is InChI=1S/C19H18N2O5S2/c22-28(23,14-7-2-1-3-8-14)12-6-11-27-19-21-20-18(26-19)17-13-24-15-9-4-5-10-16(15)25-17/h1-5,7-10,17H,6,11-13H2. The zero-order valence-electron chi connectivity index (χ0n) is 14.9. The molecule has 0 radical (unpaired) electrons. The van der Waals surface area contributed by atoms with Crippen LogP contribution < -0.4 is 9.47 Å². The van der Waals surface area contributed by atoms with E-state index in [9.17, 15) is 8.42 Å². The second kappa shape index (κ2) is 8.24. The molecule has 0 spiro atoms. The predicted molar refractivity (Wildman–Crippen MR) is 103 cm³/mol. The maximum Gasteiger partial charge on any atom is 0.276 e. The van der Waals surface area contributed by atoms with Gasteiger partial charge in [-0.2, -0.15) is 0 Å². The monoisotopic (exact) mass is 418 g/mol. The highest BCUT2D eigenvalue weighted by Crippen LogP contribution is 2.35. The van der Waals surface area contributed by atoms with Crippen molar-refractivity contribution in [3.8, 4) is 11.5 Å². The summed E-state index contributed by atoms with van der Waals surface area (Å²) in [6.07, 6.45) is 0.0194. The number of nitrogens with zero attached hydrogens (tertiary/aromatic N) is 2. The number of benzene rings is 2. The van der Waals surface area contributed by atoms with Crippen LogP contribution in [0.25, 0.3) is 0 Å². The first-order valence-corrected chi connectivity index (χ1v) is 11.4. The minimum atomic E-state index is -3.27. The first-order chi connectivity index (χ1) is 13.6. The summed E-state index contributed by atoms with van der Waals surface area (Å²) in [5, 5.41) is 8.41. The zero-order valence-corrected chi connectivity index (χ0v) is 16.5. The number of ether oxygens (including phenoxy) is 2. The lowest BCUT2D eigenvalue weighted by Crippen LogP contribution is -2.21. The van der Waals surface area contributed by atoms with E-state index in [0.29, 0.717) is 46.3 Å². The lowest BCUT2D eigenvalue weighted by molar-refractivity contribution is 0.0686. The molecule has 0 N–H and O–H groups in total. The topological polar surface area (TPSA) is 91.5 Å². The lowest BCUT2D eigenvalue weighted by Gasteiger charge is -2.23. The molecule has 0 bridgehead atoms. The number of rotatable bonds is 7. The third-order valence-electron chi connectivity index (χ3n) is 4.09. The fourth-order valence-corrected chi connectivity index (χ4v) is 4.92. The molecular weight excluding hydrogens is 400 g/mol. The maximum absolute atomic E-state index is 12.3. The predicted octanol–water partition coefficient (Wildman–Crippen LogP) is 3.54. The molecule has 28 heavy (non-hydrogen) atoms. The van der Waals surface area contributed by atoms with Gasteiger partial charge < -0.3 is 13.9 Å². The molecule has 1 aliphatic rings. The van der Waals surface area contributed by atoms with Crippen LogP contribution >= 0.6 is 11.8 Å². The molecule has 0 saturated heterocycles. The van der Waals surface area contributed by atoms with E-state index in [1.165, 1.54) is 11.8 Å². The smallest absolute Gasteiger partial charge is 0.276 e. The van der Waals surface area contributed by atoms with Gasteiger partial charge in [0, 0.05) is 5.75 Å². The van der Waals surface area contributed by atoms with Gasteiger partial charge >= 0.3 is 0 Å². The number of sulfone groups is 1. The summed E-state index contributed by atoms with van der Waals surface area (Å²) in [7, 11) is -3.27. The molecule has 0 aliphatic carbocycles. The van der Waals surface area contributed by atoms with Crippen LogP contribution in [0, 0.1) is 0 Å². The molecular formula is C19H18N2O5S2. The van der Waals surface area contributed by atoms with Gasteiger partial charge in [-0.25, -0.2) is 8.42 Å². The first kappa shape index (κ1) is 18.8. The van der Waals surface area contributed by atoms with Crippen LogP contribution in [0.3, 0.4) is 0 Å². The fourth-order valence-electron chi connectivity index (χ4n) is 2.70. The van der Waals surface area contributed by atoms with E-state index in [2.05, 4.69) is 10.2 Å². The Bertz CT molecular complexity index is 1040. The lowest BCUT2D eigenvalue weighted by atomic mass is 10.2. The Kier molecular flexibility index (Phi) is 5.54. The van der Waals surface area contributed by atoms with Crippen LogP contribution in [0.4, 0.5) is 0 Å². The van der Waals surface area contributed by atoms with Crippen molar-refractivity contribution in [3.63, 3.8) is 0 Å².